The smallest absolute Gasteiger partial charge is 0.396 e. The molecule has 0 unspecified atom stereocenters. The van der Waals surface area contributed by atoms with Crippen LogP contribution in [0.4, 0.5) is 0 Å². The Morgan fingerprint density at radius 3 is 1.46 bits per heavy atom. The van der Waals surface area contributed by atoms with Crippen molar-refractivity contribution in [1.29, 1.82) is 0 Å². The highest BCUT2D eigenvalue weighted by molar-refractivity contribution is 6.32. The summed E-state index contributed by atoms with van der Waals surface area (Å²) in [5.41, 5.74) is 0.582. The van der Waals surface area contributed by atoms with Crippen molar-refractivity contribution < 1.29 is 42.9 Å². The zero-order valence-electron chi connectivity index (χ0n) is 16.2. The predicted molar refractivity (Wildman–Crippen MR) is 97.2 cm³/mol. The van der Waals surface area contributed by atoms with Crippen LogP contribution in [-0.4, -0.2) is 76.6 Å². The summed E-state index contributed by atoms with van der Waals surface area (Å²) in [6.45, 7) is 10.5. The number of rotatable bonds is 14. The van der Waals surface area contributed by atoms with Crippen molar-refractivity contribution in [2.75, 3.05) is 52.8 Å². The molecule has 0 aromatic carbocycles. The highest BCUT2D eigenvalue weighted by Gasteiger charge is 2.14. The summed E-state index contributed by atoms with van der Waals surface area (Å²) in [6.07, 6.45) is 0. The molecule has 0 saturated heterocycles. The Kier molecular flexibility index (Phi) is 13.9. The monoisotopic (exact) mass is 401 g/mol. The lowest BCUT2D eigenvalue weighted by molar-refractivity contribution is -0.156. The molecule has 0 aliphatic carbocycles. The van der Waals surface area contributed by atoms with E-state index in [4.69, 9.17) is 23.7 Å². The van der Waals surface area contributed by atoms with E-state index in [-0.39, 0.29) is 58.4 Å². The number of amides is 1. The summed E-state index contributed by atoms with van der Waals surface area (Å²) in [4.78, 5) is 45.1. The van der Waals surface area contributed by atoms with Crippen molar-refractivity contribution >= 4 is 23.8 Å². The van der Waals surface area contributed by atoms with Crippen molar-refractivity contribution in [3.05, 3.63) is 24.3 Å². The molecule has 0 rings (SSSR count). The van der Waals surface area contributed by atoms with E-state index in [1.54, 1.807) is 0 Å². The summed E-state index contributed by atoms with van der Waals surface area (Å²) in [5, 5.41) is 2.32. The zero-order valence-corrected chi connectivity index (χ0v) is 16.2. The number of hydrogen-bond donors (Lipinski definition) is 1. The first-order valence-electron chi connectivity index (χ1n) is 8.51. The Morgan fingerprint density at radius 2 is 1.04 bits per heavy atom. The van der Waals surface area contributed by atoms with Crippen molar-refractivity contribution in [2.24, 2.45) is 0 Å². The minimum Gasteiger partial charge on any atom is -0.460 e. The number of carbonyl (C=O) groups is 4. The highest BCUT2D eigenvalue weighted by atomic mass is 16.6. The zero-order chi connectivity index (χ0) is 21.4. The fourth-order valence-corrected chi connectivity index (χ4v) is 1.40. The van der Waals surface area contributed by atoms with Crippen molar-refractivity contribution in [3.8, 4) is 0 Å². The lowest BCUT2D eigenvalue weighted by Crippen LogP contribution is -2.35. The van der Waals surface area contributed by atoms with Crippen molar-refractivity contribution in [2.45, 2.75) is 13.8 Å². The van der Waals surface area contributed by atoms with Crippen LogP contribution in [0, 0.1) is 0 Å². The molecule has 0 spiro atoms. The largest absolute Gasteiger partial charge is 0.460 e. The fraction of sp³-hybridized carbons (Fsp3) is 0.556. The number of hydrogen-bond acceptors (Lipinski definition) is 9. The van der Waals surface area contributed by atoms with Gasteiger partial charge in [-0.25, -0.2) is 14.4 Å². The van der Waals surface area contributed by atoms with Crippen LogP contribution in [0.25, 0.3) is 0 Å². The van der Waals surface area contributed by atoms with Crippen LogP contribution in [-0.2, 0) is 42.9 Å². The molecule has 0 aliphatic heterocycles. The van der Waals surface area contributed by atoms with Gasteiger partial charge in [-0.1, -0.05) is 13.2 Å². The number of carbonyl (C=O) groups excluding carboxylic acids is 4. The van der Waals surface area contributed by atoms with Crippen LogP contribution >= 0.6 is 0 Å². The van der Waals surface area contributed by atoms with E-state index >= 15 is 0 Å². The summed E-state index contributed by atoms with van der Waals surface area (Å²) >= 11 is 0. The van der Waals surface area contributed by atoms with Crippen LogP contribution < -0.4 is 5.32 Å². The molecule has 10 nitrogen and oxygen atoms in total. The van der Waals surface area contributed by atoms with Crippen LogP contribution in [0.2, 0.25) is 0 Å². The first kappa shape index (κ1) is 25.3. The average molecular weight is 401 g/mol. The molecule has 0 fully saturated rings. The van der Waals surface area contributed by atoms with Crippen LogP contribution in [0.3, 0.4) is 0 Å². The van der Waals surface area contributed by atoms with E-state index in [0.29, 0.717) is 5.57 Å². The molecule has 0 aromatic heterocycles. The molecule has 28 heavy (non-hydrogen) atoms. The molecule has 1 N–H and O–H groups in total. The van der Waals surface area contributed by atoms with E-state index in [9.17, 15) is 19.2 Å². The maximum atomic E-state index is 11.5. The third-order valence-corrected chi connectivity index (χ3v) is 2.80. The molecule has 0 heterocycles. The Bertz CT molecular complexity index is 521. The third-order valence-electron chi connectivity index (χ3n) is 2.80. The fourth-order valence-electron chi connectivity index (χ4n) is 1.40. The summed E-state index contributed by atoms with van der Waals surface area (Å²) in [6, 6.07) is 0. The Hall–Kier alpha value is -2.72. The van der Waals surface area contributed by atoms with Gasteiger partial charge in [-0.3, -0.25) is 4.79 Å². The average Bonchev–Trinajstić information content (AvgIpc) is 2.65. The first-order valence-corrected chi connectivity index (χ1v) is 8.51. The van der Waals surface area contributed by atoms with Gasteiger partial charge in [0, 0.05) is 17.7 Å². The van der Waals surface area contributed by atoms with Gasteiger partial charge in [-0.2, -0.15) is 0 Å². The molecular formula is C18H27NO9. The van der Waals surface area contributed by atoms with Gasteiger partial charge in [0.2, 0.25) is 0 Å². The Balaban J connectivity index is 3.55. The maximum Gasteiger partial charge on any atom is 0.396 e. The molecule has 0 saturated carbocycles. The first-order chi connectivity index (χ1) is 13.3. The van der Waals surface area contributed by atoms with E-state index in [1.807, 2.05) is 0 Å². The standard InChI is InChI=1S/C18H27NO9/c1-13(2)16(21)26-10-7-24-6-5-19-15(20)18(23)28-12-9-25-8-11-27-17(22)14(3)4/h1,3,5-12H2,2,4H3,(H,19,20). The van der Waals surface area contributed by atoms with Crippen molar-refractivity contribution in [3.63, 3.8) is 0 Å². The summed E-state index contributed by atoms with van der Waals surface area (Å²) < 4.78 is 24.5. The minimum absolute atomic E-state index is 0.0481. The molecular weight excluding hydrogens is 374 g/mol. The van der Waals surface area contributed by atoms with E-state index in [0.717, 1.165) is 0 Å². The van der Waals surface area contributed by atoms with Gasteiger partial charge in [0.05, 0.1) is 26.4 Å². The molecule has 158 valence electrons. The SMILES string of the molecule is C=C(C)C(=O)OCCOCCNC(=O)C(=O)OCCOCCOC(=O)C(=C)C. The number of esters is 3. The number of nitrogens with one attached hydrogen (secondary N) is 1. The van der Waals surface area contributed by atoms with Gasteiger partial charge < -0.3 is 29.0 Å². The molecule has 0 bridgehead atoms. The van der Waals surface area contributed by atoms with Gasteiger partial charge in [0.1, 0.15) is 19.8 Å². The highest BCUT2D eigenvalue weighted by Crippen LogP contribution is 1.92. The Morgan fingerprint density at radius 1 is 0.643 bits per heavy atom. The maximum absolute atomic E-state index is 11.5. The van der Waals surface area contributed by atoms with E-state index < -0.39 is 23.8 Å². The van der Waals surface area contributed by atoms with Gasteiger partial charge in [0.15, 0.2) is 0 Å². The van der Waals surface area contributed by atoms with Gasteiger partial charge >= 0.3 is 23.8 Å². The molecule has 0 atom stereocenters. The van der Waals surface area contributed by atoms with Crippen LogP contribution in [0.1, 0.15) is 13.8 Å². The quantitative estimate of drug-likeness (QED) is 0.140. The Labute approximate surface area is 163 Å². The van der Waals surface area contributed by atoms with Crippen LogP contribution in [0.15, 0.2) is 24.3 Å². The number of ether oxygens (including phenoxy) is 5. The second kappa shape index (κ2) is 15.3. The summed E-state index contributed by atoms with van der Waals surface area (Å²) in [5.74, 6) is -2.97. The second-order valence-electron chi connectivity index (χ2n) is 5.45. The molecule has 0 aromatic rings. The lowest BCUT2D eigenvalue weighted by Gasteiger charge is -2.08. The topological polar surface area (TPSA) is 126 Å². The van der Waals surface area contributed by atoms with Crippen LogP contribution in [0.5, 0.6) is 0 Å². The minimum atomic E-state index is -1.05. The molecule has 0 aliphatic rings. The van der Waals surface area contributed by atoms with E-state index in [2.05, 4.69) is 18.5 Å². The van der Waals surface area contributed by atoms with Gasteiger partial charge in [-0.15, -0.1) is 0 Å². The lowest BCUT2D eigenvalue weighted by atomic mass is 10.4. The molecule has 10 heteroatoms. The molecule has 0 radical (unpaired) electrons. The van der Waals surface area contributed by atoms with Crippen molar-refractivity contribution in [1.82, 2.24) is 5.32 Å². The predicted octanol–water partition coefficient (Wildman–Crippen LogP) is -0.0824. The molecule has 1 amide bonds. The third kappa shape index (κ3) is 13.5. The summed E-state index contributed by atoms with van der Waals surface area (Å²) in [7, 11) is 0. The van der Waals surface area contributed by atoms with E-state index in [1.165, 1.54) is 13.8 Å². The van der Waals surface area contributed by atoms with Gasteiger partial charge in [0.25, 0.3) is 0 Å². The van der Waals surface area contributed by atoms with Gasteiger partial charge in [-0.05, 0) is 13.8 Å². The normalized spacial score (nSPS) is 9.93. The second-order valence-corrected chi connectivity index (χ2v) is 5.45.